The van der Waals surface area contributed by atoms with Gasteiger partial charge >= 0.3 is 0 Å². The topological polar surface area (TPSA) is 46.1 Å². The summed E-state index contributed by atoms with van der Waals surface area (Å²) in [6, 6.07) is 10.8. The third-order valence-electron chi connectivity index (χ3n) is 5.83. The van der Waals surface area contributed by atoms with Crippen molar-refractivity contribution in [3.05, 3.63) is 30.3 Å². The van der Waals surface area contributed by atoms with Crippen LogP contribution in [-0.2, 0) is 0 Å². The molecule has 1 aromatic rings. The van der Waals surface area contributed by atoms with Crippen molar-refractivity contribution in [3.63, 3.8) is 0 Å². The molecule has 0 bridgehead atoms. The second-order valence-corrected chi connectivity index (χ2v) is 7.85. The van der Waals surface area contributed by atoms with Crippen molar-refractivity contribution < 1.29 is 0 Å². The van der Waals surface area contributed by atoms with Crippen molar-refractivity contribution in [2.24, 2.45) is 4.99 Å². The van der Waals surface area contributed by atoms with Gasteiger partial charge in [-0.05, 0) is 51.0 Å². The first-order valence-electron chi connectivity index (χ1n) is 11.0. The average molecular weight is 387 g/mol. The number of guanidine groups is 1. The van der Waals surface area contributed by atoms with Crippen LogP contribution in [0.4, 0.5) is 5.69 Å². The highest BCUT2D eigenvalue weighted by Gasteiger charge is 2.16. The number of aliphatic imine (C=N–C) groups is 1. The van der Waals surface area contributed by atoms with E-state index in [9.17, 15) is 0 Å². The molecule has 0 atom stereocenters. The molecule has 28 heavy (non-hydrogen) atoms. The quantitative estimate of drug-likeness (QED) is 0.406. The second kappa shape index (κ2) is 11.9. The van der Waals surface area contributed by atoms with Gasteiger partial charge in [0.1, 0.15) is 0 Å². The molecule has 2 aliphatic rings. The van der Waals surface area contributed by atoms with E-state index in [1.807, 2.05) is 7.05 Å². The number of anilines is 1. The van der Waals surface area contributed by atoms with Crippen molar-refractivity contribution in [3.8, 4) is 0 Å². The Hall–Kier alpha value is -1.79. The van der Waals surface area contributed by atoms with E-state index in [1.54, 1.807) is 0 Å². The molecule has 6 heteroatoms. The second-order valence-electron chi connectivity index (χ2n) is 7.85. The number of benzene rings is 1. The Morgan fingerprint density at radius 2 is 1.50 bits per heavy atom. The van der Waals surface area contributed by atoms with Crippen LogP contribution in [-0.4, -0.2) is 88.3 Å². The predicted molar refractivity (Wildman–Crippen MR) is 119 cm³/mol. The molecule has 0 radical (unpaired) electrons. The van der Waals surface area contributed by atoms with E-state index in [0.717, 1.165) is 64.7 Å². The Kier molecular flexibility index (Phi) is 8.91. The van der Waals surface area contributed by atoms with E-state index >= 15 is 0 Å². The number of rotatable bonds is 8. The van der Waals surface area contributed by atoms with E-state index < -0.39 is 0 Å². The Balaban J connectivity index is 1.24. The molecule has 6 nitrogen and oxygen atoms in total. The third-order valence-corrected chi connectivity index (χ3v) is 5.83. The van der Waals surface area contributed by atoms with Crippen molar-refractivity contribution >= 4 is 11.6 Å². The minimum absolute atomic E-state index is 0.936. The maximum Gasteiger partial charge on any atom is 0.191 e. The third kappa shape index (κ3) is 6.99. The van der Waals surface area contributed by atoms with Crippen LogP contribution in [0.1, 0.15) is 25.7 Å². The Morgan fingerprint density at radius 1 is 0.821 bits per heavy atom. The monoisotopic (exact) mass is 386 g/mol. The molecule has 1 aromatic carbocycles. The van der Waals surface area contributed by atoms with E-state index in [2.05, 4.69) is 60.7 Å². The molecule has 2 heterocycles. The van der Waals surface area contributed by atoms with Crippen molar-refractivity contribution in [2.45, 2.75) is 25.7 Å². The average Bonchev–Trinajstić information content (AvgIpc) is 2.77. The Labute approximate surface area is 171 Å². The summed E-state index contributed by atoms with van der Waals surface area (Å²) in [4.78, 5) is 12.0. The van der Waals surface area contributed by atoms with Gasteiger partial charge in [-0.15, -0.1) is 0 Å². The number of piperidine rings is 1. The zero-order valence-corrected chi connectivity index (χ0v) is 17.6. The normalized spacial score (nSPS) is 19.6. The standard InChI is InChI=1S/C22H38N6/c1-23-22(25-12-16-26-13-6-3-7-14-26)24-11-8-15-27-17-19-28(20-18-27)21-9-4-2-5-10-21/h2,4-5,9-10H,3,6-8,11-20H2,1H3,(H2,23,24,25). The maximum atomic E-state index is 4.35. The summed E-state index contributed by atoms with van der Waals surface area (Å²) >= 11 is 0. The molecule has 0 spiro atoms. The van der Waals surface area contributed by atoms with E-state index in [0.29, 0.717) is 0 Å². The molecule has 2 saturated heterocycles. The lowest BCUT2D eigenvalue weighted by molar-refractivity contribution is 0.232. The van der Waals surface area contributed by atoms with Crippen LogP contribution in [0.25, 0.3) is 0 Å². The first-order chi connectivity index (χ1) is 13.8. The zero-order chi connectivity index (χ0) is 19.4. The molecule has 0 aliphatic carbocycles. The fourth-order valence-electron chi connectivity index (χ4n) is 4.11. The van der Waals surface area contributed by atoms with Crippen LogP contribution in [0.15, 0.2) is 35.3 Å². The molecular weight excluding hydrogens is 348 g/mol. The van der Waals surface area contributed by atoms with Gasteiger partial charge in [-0.3, -0.25) is 9.89 Å². The van der Waals surface area contributed by atoms with Crippen LogP contribution >= 0.6 is 0 Å². The summed E-state index contributed by atoms with van der Waals surface area (Å²) in [5.41, 5.74) is 1.35. The maximum absolute atomic E-state index is 4.35. The van der Waals surface area contributed by atoms with Gasteiger partial charge in [-0.2, -0.15) is 0 Å². The smallest absolute Gasteiger partial charge is 0.191 e. The van der Waals surface area contributed by atoms with Gasteiger partial charge in [-0.25, -0.2) is 0 Å². The van der Waals surface area contributed by atoms with Crippen LogP contribution < -0.4 is 15.5 Å². The summed E-state index contributed by atoms with van der Waals surface area (Å²) < 4.78 is 0. The highest BCUT2D eigenvalue weighted by atomic mass is 15.3. The number of hydrogen-bond acceptors (Lipinski definition) is 4. The van der Waals surface area contributed by atoms with Gasteiger partial charge in [0.2, 0.25) is 0 Å². The summed E-state index contributed by atoms with van der Waals surface area (Å²) in [6.45, 7) is 11.3. The van der Waals surface area contributed by atoms with Gasteiger partial charge in [0.15, 0.2) is 5.96 Å². The van der Waals surface area contributed by atoms with Gasteiger partial charge in [-0.1, -0.05) is 24.6 Å². The summed E-state index contributed by atoms with van der Waals surface area (Å²) in [5, 5.41) is 6.92. The number of nitrogens with zero attached hydrogens (tertiary/aromatic N) is 4. The molecule has 3 rings (SSSR count). The van der Waals surface area contributed by atoms with Crippen LogP contribution in [0, 0.1) is 0 Å². The Bertz CT molecular complexity index is 562. The number of nitrogens with one attached hydrogen (secondary N) is 2. The molecule has 0 unspecified atom stereocenters. The fraction of sp³-hybridized carbons (Fsp3) is 0.682. The van der Waals surface area contributed by atoms with Crippen LogP contribution in [0.5, 0.6) is 0 Å². The number of likely N-dealkylation sites (tertiary alicyclic amines) is 1. The molecule has 2 N–H and O–H groups in total. The highest BCUT2D eigenvalue weighted by Crippen LogP contribution is 2.15. The molecule has 0 amide bonds. The van der Waals surface area contributed by atoms with Crippen molar-refractivity contribution in [1.82, 2.24) is 20.4 Å². The van der Waals surface area contributed by atoms with E-state index in [4.69, 9.17) is 0 Å². The van der Waals surface area contributed by atoms with E-state index in [-0.39, 0.29) is 0 Å². The zero-order valence-electron chi connectivity index (χ0n) is 17.6. The van der Waals surface area contributed by atoms with Gasteiger partial charge in [0, 0.05) is 58.5 Å². The first-order valence-corrected chi connectivity index (χ1v) is 11.0. The van der Waals surface area contributed by atoms with Crippen LogP contribution in [0.2, 0.25) is 0 Å². The van der Waals surface area contributed by atoms with Crippen molar-refractivity contribution in [1.29, 1.82) is 0 Å². The fourth-order valence-corrected chi connectivity index (χ4v) is 4.11. The minimum atomic E-state index is 0.936. The lowest BCUT2D eigenvalue weighted by Gasteiger charge is -2.36. The predicted octanol–water partition coefficient (Wildman–Crippen LogP) is 1.85. The molecular formula is C22H38N6. The first kappa shape index (κ1) is 20.9. The SMILES string of the molecule is CN=C(NCCCN1CCN(c2ccccc2)CC1)NCCN1CCCCC1. The largest absolute Gasteiger partial charge is 0.369 e. The van der Waals surface area contributed by atoms with Gasteiger partial charge in [0.25, 0.3) is 0 Å². The summed E-state index contributed by atoms with van der Waals surface area (Å²) in [5.74, 6) is 0.936. The molecule has 156 valence electrons. The Morgan fingerprint density at radius 3 is 2.21 bits per heavy atom. The molecule has 2 fully saturated rings. The lowest BCUT2D eigenvalue weighted by atomic mass is 10.1. The molecule has 0 aromatic heterocycles. The van der Waals surface area contributed by atoms with Gasteiger partial charge < -0.3 is 20.4 Å². The minimum Gasteiger partial charge on any atom is -0.369 e. The molecule has 2 aliphatic heterocycles. The summed E-state index contributed by atoms with van der Waals surface area (Å²) in [6.07, 6.45) is 5.26. The van der Waals surface area contributed by atoms with Crippen molar-refractivity contribution in [2.75, 3.05) is 77.4 Å². The molecule has 0 saturated carbocycles. The highest BCUT2D eigenvalue weighted by molar-refractivity contribution is 5.79. The number of piperazine rings is 1. The summed E-state index contributed by atoms with van der Waals surface area (Å²) in [7, 11) is 1.86. The van der Waals surface area contributed by atoms with Gasteiger partial charge in [0.05, 0.1) is 0 Å². The lowest BCUT2D eigenvalue weighted by Crippen LogP contribution is -2.47. The number of para-hydroxylation sites is 1. The van der Waals surface area contributed by atoms with Crippen LogP contribution in [0.3, 0.4) is 0 Å². The number of hydrogen-bond donors (Lipinski definition) is 2. The van der Waals surface area contributed by atoms with E-state index in [1.165, 1.54) is 38.0 Å².